The SMILES string of the molecule is CC(C)(C)c1ccc(S(=O)(=O)N2c3c(N)cccc3CC2C(=O)NCCc2ccccc2)cc1. The zero-order valence-electron chi connectivity index (χ0n) is 19.8. The van der Waals surface area contributed by atoms with Gasteiger partial charge in [0, 0.05) is 13.0 Å². The second-order valence-electron chi connectivity index (χ2n) is 9.68. The minimum Gasteiger partial charge on any atom is -0.397 e. The molecule has 0 saturated heterocycles. The van der Waals surface area contributed by atoms with Crippen molar-refractivity contribution in [3.8, 4) is 0 Å². The van der Waals surface area contributed by atoms with Gasteiger partial charge in [-0.05, 0) is 46.7 Å². The van der Waals surface area contributed by atoms with E-state index in [9.17, 15) is 13.2 Å². The summed E-state index contributed by atoms with van der Waals surface area (Å²) < 4.78 is 28.8. The fourth-order valence-corrected chi connectivity index (χ4v) is 5.99. The highest BCUT2D eigenvalue weighted by Crippen LogP contribution is 2.41. The zero-order chi connectivity index (χ0) is 24.5. The van der Waals surface area contributed by atoms with Gasteiger partial charge < -0.3 is 11.1 Å². The molecule has 1 aliphatic rings. The molecule has 0 fully saturated rings. The summed E-state index contributed by atoms with van der Waals surface area (Å²) in [6, 6.07) is 21.1. The third-order valence-corrected chi connectivity index (χ3v) is 8.03. The van der Waals surface area contributed by atoms with E-state index in [1.165, 1.54) is 4.31 Å². The smallest absolute Gasteiger partial charge is 0.265 e. The van der Waals surface area contributed by atoms with E-state index >= 15 is 0 Å². The van der Waals surface area contributed by atoms with Crippen molar-refractivity contribution in [2.45, 2.75) is 50.0 Å². The van der Waals surface area contributed by atoms with Crippen LogP contribution in [0.1, 0.15) is 37.5 Å². The van der Waals surface area contributed by atoms with E-state index in [1.807, 2.05) is 48.5 Å². The van der Waals surface area contributed by atoms with E-state index in [1.54, 1.807) is 24.3 Å². The van der Waals surface area contributed by atoms with Crippen molar-refractivity contribution in [1.82, 2.24) is 5.32 Å². The van der Waals surface area contributed by atoms with Crippen LogP contribution in [0, 0.1) is 0 Å². The molecule has 1 atom stereocenters. The van der Waals surface area contributed by atoms with Crippen molar-refractivity contribution in [3.63, 3.8) is 0 Å². The van der Waals surface area contributed by atoms with E-state index < -0.39 is 16.1 Å². The van der Waals surface area contributed by atoms with Gasteiger partial charge in [-0.3, -0.25) is 9.10 Å². The number of anilines is 2. The zero-order valence-corrected chi connectivity index (χ0v) is 20.6. The van der Waals surface area contributed by atoms with Gasteiger partial charge in [0.05, 0.1) is 16.3 Å². The molecule has 0 bridgehead atoms. The molecule has 4 rings (SSSR count). The lowest BCUT2D eigenvalue weighted by Gasteiger charge is -2.27. The normalized spacial score (nSPS) is 15.7. The van der Waals surface area contributed by atoms with Crippen LogP contribution < -0.4 is 15.4 Å². The molecule has 0 aliphatic carbocycles. The van der Waals surface area contributed by atoms with Gasteiger partial charge in [-0.2, -0.15) is 0 Å². The second kappa shape index (κ2) is 9.14. The van der Waals surface area contributed by atoms with Crippen molar-refractivity contribution >= 4 is 27.3 Å². The van der Waals surface area contributed by atoms with Crippen molar-refractivity contribution in [2.24, 2.45) is 0 Å². The first-order valence-corrected chi connectivity index (χ1v) is 12.9. The Hall–Kier alpha value is -3.32. The minimum atomic E-state index is -4.02. The molecule has 3 N–H and O–H groups in total. The molecule has 0 aromatic heterocycles. The molecule has 178 valence electrons. The molecule has 0 radical (unpaired) electrons. The molecular weight excluding hydrogens is 446 g/mol. The highest BCUT2D eigenvalue weighted by molar-refractivity contribution is 7.93. The monoisotopic (exact) mass is 477 g/mol. The maximum absolute atomic E-state index is 13.8. The number of nitrogens with two attached hydrogens (primary N) is 1. The van der Waals surface area contributed by atoms with Crippen LogP contribution in [0.15, 0.2) is 77.7 Å². The number of benzene rings is 3. The fourth-order valence-electron chi connectivity index (χ4n) is 4.31. The summed E-state index contributed by atoms with van der Waals surface area (Å²) >= 11 is 0. The van der Waals surface area contributed by atoms with E-state index in [0.29, 0.717) is 24.3 Å². The Labute approximate surface area is 201 Å². The van der Waals surface area contributed by atoms with Crippen LogP contribution in [0.3, 0.4) is 0 Å². The Morgan fingerprint density at radius 3 is 2.32 bits per heavy atom. The first kappa shape index (κ1) is 23.8. The van der Waals surface area contributed by atoms with Crippen molar-refractivity contribution in [3.05, 3.63) is 89.5 Å². The van der Waals surface area contributed by atoms with Gasteiger partial charge in [0.2, 0.25) is 5.91 Å². The molecule has 1 aliphatic heterocycles. The molecule has 34 heavy (non-hydrogen) atoms. The topological polar surface area (TPSA) is 92.5 Å². The Bertz CT molecular complexity index is 1280. The highest BCUT2D eigenvalue weighted by atomic mass is 32.2. The predicted octanol–water partition coefficient (Wildman–Crippen LogP) is 4.05. The fraction of sp³-hybridized carbons (Fsp3) is 0.296. The number of nitrogens with one attached hydrogen (secondary N) is 1. The third kappa shape index (κ3) is 4.66. The van der Waals surface area contributed by atoms with Crippen molar-refractivity contribution < 1.29 is 13.2 Å². The second-order valence-corrected chi connectivity index (χ2v) is 11.5. The number of nitrogens with zero attached hydrogens (tertiary/aromatic N) is 1. The average molecular weight is 478 g/mol. The van der Waals surface area contributed by atoms with Gasteiger partial charge >= 0.3 is 0 Å². The van der Waals surface area contributed by atoms with E-state index in [0.717, 1.165) is 16.7 Å². The Morgan fingerprint density at radius 1 is 1.00 bits per heavy atom. The van der Waals surface area contributed by atoms with Crippen LogP contribution in [-0.4, -0.2) is 26.9 Å². The maximum Gasteiger partial charge on any atom is 0.265 e. The van der Waals surface area contributed by atoms with E-state index in [4.69, 9.17) is 5.73 Å². The van der Waals surface area contributed by atoms with Crippen LogP contribution in [0.25, 0.3) is 0 Å². The quantitative estimate of drug-likeness (QED) is 0.524. The average Bonchev–Trinajstić information content (AvgIpc) is 3.21. The summed E-state index contributed by atoms with van der Waals surface area (Å²) in [5, 5.41) is 2.92. The number of fused-ring (bicyclic) bond motifs is 1. The van der Waals surface area contributed by atoms with E-state index in [-0.39, 0.29) is 22.6 Å². The summed E-state index contributed by atoms with van der Waals surface area (Å²) in [5.74, 6) is -0.332. The summed E-state index contributed by atoms with van der Waals surface area (Å²) in [7, 11) is -4.02. The standard InChI is InChI=1S/C27H31N3O3S/c1-27(2,3)21-12-14-22(15-13-21)34(32,33)30-24(18-20-10-7-11-23(28)25(20)30)26(31)29-17-16-19-8-5-4-6-9-19/h4-15,24H,16-18,28H2,1-3H3,(H,29,31). The molecule has 1 unspecified atom stereocenters. The van der Waals surface area contributed by atoms with Gasteiger partial charge in [0.25, 0.3) is 10.0 Å². The summed E-state index contributed by atoms with van der Waals surface area (Å²) in [6.45, 7) is 6.64. The number of hydrogen-bond acceptors (Lipinski definition) is 4. The number of para-hydroxylation sites is 1. The van der Waals surface area contributed by atoms with Crippen molar-refractivity contribution in [2.75, 3.05) is 16.6 Å². The molecular formula is C27H31N3O3S. The minimum absolute atomic E-state index is 0.103. The number of amides is 1. The Kier molecular flexibility index (Phi) is 6.41. The molecule has 7 heteroatoms. The van der Waals surface area contributed by atoms with Crippen molar-refractivity contribution in [1.29, 1.82) is 0 Å². The van der Waals surface area contributed by atoms with Crippen LogP contribution in [0.4, 0.5) is 11.4 Å². The van der Waals surface area contributed by atoms with Crippen LogP contribution in [-0.2, 0) is 33.1 Å². The molecule has 0 spiro atoms. The first-order chi connectivity index (χ1) is 16.1. The molecule has 6 nitrogen and oxygen atoms in total. The molecule has 1 amide bonds. The Morgan fingerprint density at radius 2 is 1.68 bits per heavy atom. The molecule has 1 heterocycles. The van der Waals surface area contributed by atoms with Crippen LogP contribution in [0.5, 0.6) is 0 Å². The number of carbonyl (C=O) groups is 1. The lowest BCUT2D eigenvalue weighted by molar-refractivity contribution is -0.122. The number of hydrogen-bond donors (Lipinski definition) is 2. The van der Waals surface area contributed by atoms with E-state index in [2.05, 4.69) is 26.1 Å². The van der Waals surface area contributed by atoms with Crippen LogP contribution in [0.2, 0.25) is 0 Å². The molecule has 3 aromatic rings. The summed E-state index contributed by atoms with van der Waals surface area (Å²) in [5.41, 5.74) is 9.73. The third-order valence-electron chi connectivity index (χ3n) is 6.20. The predicted molar refractivity (Wildman–Crippen MR) is 136 cm³/mol. The summed E-state index contributed by atoms with van der Waals surface area (Å²) in [4.78, 5) is 13.4. The highest BCUT2D eigenvalue weighted by Gasteiger charge is 2.43. The number of carbonyl (C=O) groups excluding carboxylic acids is 1. The van der Waals surface area contributed by atoms with Gasteiger partial charge in [-0.25, -0.2) is 8.42 Å². The lowest BCUT2D eigenvalue weighted by atomic mass is 9.87. The number of nitrogen functional groups attached to an aromatic ring is 1. The molecule has 3 aromatic carbocycles. The van der Waals surface area contributed by atoms with Gasteiger partial charge in [0.15, 0.2) is 0 Å². The largest absolute Gasteiger partial charge is 0.397 e. The van der Waals surface area contributed by atoms with Gasteiger partial charge in [0.1, 0.15) is 6.04 Å². The first-order valence-electron chi connectivity index (χ1n) is 11.4. The summed E-state index contributed by atoms with van der Waals surface area (Å²) in [6.07, 6.45) is 0.937. The lowest BCUT2D eigenvalue weighted by Crippen LogP contribution is -2.48. The van der Waals surface area contributed by atoms with Gasteiger partial charge in [-0.1, -0.05) is 75.4 Å². The van der Waals surface area contributed by atoms with Crippen LogP contribution >= 0.6 is 0 Å². The maximum atomic E-state index is 13.8. The Balaban J connectivity index is 1.63. The van der Waals surface area contributed by atoms with Gasteiger partial charge in [-0.15, -0.1) is 0 Å². The number of sulfonamides is 1. The number of rotatable bonds is 6. The molecule has 0 saturated carbocycles.